The van der Waals surface area contributed by atoms with E-state index >= 15 is 0 Å². The average molecular weight is 248 g/mol. The van der Waals surface area contributed by atoms with Crippen molar-refractivity contribution in [3.8, 4) is 0 Å². The zero-order valence-electron chi connectivity index (χ0n) is 10.5. The molecule has 2 atom stereocenters. The molecule has 96 valence electrons. The van der Waals surface area contributed by atoms with E-state index < -0.39 is 17.9 Å². The third-order valence-corrected chi connectivity index (χ3v) is 3.56. The van der Waals surface area contributed by atoms with Gasteiger partial charge >= 0.3 is 11.9 Å². The summed E-state index contributed by atoms with van der Waals surface area (Å²) in [4.78, 5) is 23.2. The van der Waals surface area contributed by atoms with Crippen LogP contribution in [0.25, 0.3) is 0 Å². The molecule has 1 fully saturated rings. The fourth-order valence-electron chi connectivity index (χ4n) is 2.54. The van der Waals surface area contributed by atoms with E-state index in [9.17, 15) is 9.59 Å². The molecule has 2 rings (SSSR count). The topological polar surface area (TPSA) is 52.6 Å². The van der Waals surface area contributed by atoms with Crippen LogP contribution in [0.5, 0.6) is 0 Å². The van der Waals surface area contributed by atoms with Crippen molar-refractivity contribution in [2.24, 2.45) is 17.8 Å². The van der Waals surface area contributed by atoms with Gasteiger partial charge in [0.15, 0.2) is 5.92 Å². The molecule has 0 spiro atoms. The zero-order chi connectivity index (χ0) is 13.3. The Bertz CT molecular complexity index is 442. The van der Waals surface area contributed by atoms with Gasteiger partial charge in [-0.05, 0) is 17.6 Å². The van der Waals surface area contributed by atoms with E-state index in [0.717, 1.165) is 17.6 Å². The molecule has 0 aromatic heterocycles. The lowest BCUT2D eigenvalue weighted by atomic mass is 9.92. The predicted octanol–water partition coefficient (Wildman–Crippen LogP) is 1.64. The summed E-state index contributed by atoms with van der Waals surface area (Å²) in [5, 5.41) is 0. The Labute approximate surface area is 106 Å². The van der Waals surface area contributed by atoms with Gasteiger partial charge in [0.2, 0.25) is 0 Å². The van der Waals surface area contributed by atoms with Crippen LogP contribution in [-0.4, -0.2) is 26.2 Å². The fraction of sp³-hybridized carbons (Fsp3) is 0.429. The van der Waals surface area contributed by atoms with Crippen molar-refractivity contribution < 1.29 is 19.1 Å². The third-order valence-electron chi connectivity index (χ3n) is 3.56. The summed E-state index contributed by atoms with van der Waals surface area (Å²) in [6.07, 6.45) is 6.83. The Hall–Kier alpha value is -1.84. The number of hydrogen-bond acceptors (Lipinski definition) is 4. The number of fused-ring (bicyclic) bond motifs is 2. The van der Waals surface area contributed by atoms with Crippen molar-refractivity contribution in [3.05, 3.63) is 36.0 Å². The van der Waals surface area contributed by atoms with Crippen molar-refractivity contribution in [2.75, 3.05) is 14.2 Å². The largest absolute Gasteiger partial charge is 0.468 e. The average Bonchev–Trinajstić information content (AvgIpc) is 2.96. The van der Waals surface area contributed by atoms with Gasteiger partial charge in [-0.1, -0.05) is 24.8 Å². The van der Waals surface area contributed by atoms with Crippen LogP contribution in [0, 0.1) is 17.8 Å². The number of ether oxygens (including phenoxy) is 2. The van der Waals surface area contributed by atoms with E-state index in [1.165, 1.54) is 14.2 Å². The van der Waals surface area contributed by atoms with Crippen molar-refractivity contribution >= 4 is 11.9 Å². The Morgan fingerprint density at radius 1 is 1.28 bits per heavy atom. The van der Waals surface area contributed by atoms with Gasteiger partial charge in [-0.25, -0.2) is 0 Å². The molecule has 2 aliphatic rings. The van der Waals surface area contributed by atoms with Crippen LogP contribution in [-0.2, 0) is 19.1 Å². The number of allylic oxidation sites excluding steroid dienone is 4. The van der Waals surface area contributed by atoms with Crippen LogP contribution in [0.15, 0.2) is 36.0 Å². The van der Waals surface area contributed by atoms with Crippen molar-refractivity contribution in [1.82, 2.24) is 0 Å². The Kier molecular flexibility index (Phi) is 3.36. The van der Waals surface area contributed by atoms with Crippen LogP contribution in [0.4, 0.5) is 0 Å². The molecule has 0 amide bonds. The lowest BCUT2D eigenvalue weighted by Crippen LogP contribution is -2.25. The fourth-order valence-corrected chi connectivity index (χ4v) is 2.54. The van der Waals surface area contributed by atoms with Gasteiger partial charge in [0, 0.05) is 11.8 Å². The number of hydrogen-bond donors (Lipinski definition) is 0. The van der Waals surface area contributed by atoms with E-state index in [2.05, 4.69) is 28.2 Å². The minimum atomic E-state index is -1.00. The molecule has 0 aromatic carbocycles. The smallest absolute Gasteiger partial charge is 0.324 e. The molecule has 0 saturated heterocycles. The maximum atomic E-state index is 11.6. The van der Waals surface area contributed by atoms with Crippen LogP contribution >= 0.6 is 0 Å². The summed E-state index contributed by atoms with van der Waals surface area (Å²) >= 11 is 0. The van der Waals surface area contributed by atoms with Crippen molar-refractivity contribution in [1.29, 1.82) is 0 Å². The van der Waals surface area contributed by atoms with E-state index in [1.54, 1.807) is 6.08 Å². The van der Waals surface area contributed by atoms with Gasteiger partial charge in [-0.2, -0.15) is 0 Å². The molecule has 1 saturated carbocycles. The second kappa shape index (κ2) is 4.80. The van der Waals surface area contributed by atoms with Gasteiger partial charge in [-0.3, -0.25) is 9.59 Å². The Morgan fingerprint density at radius 2 is 1.83 bits per heavy atom. The van der Waals surface area contributed by atoms with Crippen molar-refractivity contribution in [3.63, 3.8) is 0 Å². The number of carbonyl (C=O) groups is 2. The number of carbonyl (C=O) groups excluding carboxylic acids is 2. The molecular weight excluding hydrogens is 232 g/mol. The maximum absolute atomic E-state index is 11.6. The van der Waals surface area contributed by atoms with Crippen LogP contribution in [0.3, 0.4) is 0 Å². The predicted molar refractivity (Wildman–Crippen MR) is 65.5 cm³/mol. The summed E-state index contributed by atoms with van der Waals surface area (Å²) in [5.41, 5.74) is 1.95. The van der Waals surface area contributed by atoms with E-state index in [-0.39, 0.29) is 5.92 Å². The van der Waals surface area contributed by atoms with Crippen molar-refractivity contribution in [2.45, 2.75) is 6.42 Å². The molecule has 0 radical (unpaired) electrons. The summed E-state index contributed by atoms with van der Waals surface area (Å²) < 4.78 is 9.26. The summed E-state index contributed by atoms with van der Waals surface area (Å²) in [7, 11) is 2.51. The molecule has 4 nitrogen and oxygen atoms in total. The SMILES string of the molecule is C=C1/C(=C/C(C(=O)OC)C(=O)OC)[C@@H]2C=C[C@H]1C2. The molecule has 18 heavy (non-hydrogen) atoms. The molecule has 0 aliphatic heterocycles. The summed E-state index contributed by atoms with van der Waals surface area (Å²) in [6, 6.07) is 0. The van der Waals surface area contributed by atoms with Gasteiger partial charge in [-0.15, -0.1) is 0 Å². The van der Waals surface area contributed by atoms with E-state index in [4.69, 9.17) is 0 Å². The van der Waals surface area contributed by atoms with Gasteiger partial charge in [0.25, 0.3) is 0 Å². The first kappa shape index (κ1) is 12.6. The number of rotatable bonds is 3. The van der Waals surface area contributed by atoms with Gasteiger partial charge in [0.05, 0.1) is 14.2 Å². The molecule has 4 heteroatoms. The van der Waals surface area contributed by atoms with Gasteiger partial charge in [0.1, 0.15) is 0 Å². The highest BCUT2D eigenvalue weighted by atomic mass is 16.5. The van der Waals surface area contributed by atoms with E-state index in [0.29, 0.717) is 5.92 Å². The highest BCUT2D eigenvalue weighted by molar-refractivity contribution is 5.97. The summed E-state index contributed by atoms with van der Waals surface area (Å²) in [6.45, 7) is 4.02. The zero-order valence-corrected chi connectivity index (χ0v) is 10.5. The number of methoxy groups -OCH3 is 2. The monoisotopic (exact) mass is 248 g/mol. The first-order valence-electron chi connectivity index (χ1n) is 5.83. The lowest BCUT2D eigenvalue weighted by Gasteiger charge is -2.14. The first-order chi connectivity index (χ1) is 8.58. The second-order valence-corrected chi connectivity index (χ2v) is 4.50. The molecule has 2 bridgehead atoms. The van der Waals surface area contributed by atoms with Gasteiger partial charge < -0.3 is 9.47 Å². The molecular formula is C14H16O4. The quantitative estimate of drug-likeness (QED) is 0.433. The molecule has 0 aromatic rings. The molecule has 0 unspecified atom stereocenters. The minimum Gasteiger partial charge on any atom is -0.468 e. The molecule has 0 N–H and O–H groups in total. The normalized spacial score (nSPS) is 27.1. The molecule has 0 heterocycles. The third kappa shape index (κ3) is 1.98. The van der Waals surface area contributed by atoms with Crippen LogP contribution < -0.4 is 0 Å². The standard InChI is InChI=1S/C14H16O4/c1-8-9-4-5-10(6-9)11(8)7-12(13(15)17-2)14(16)18-3/h4-5,7,9-10,12H,1,6H2,2-3H3/b11-7-/t9-,10+/m0/s1. The number of esters is 2. The van der Waals surface area contributed by atoms with Crippen LogP contribution in [0.2, 0.25) is 0 Å². The first-order valence-corrected chi connectivity index (χ1v) is 5.83. The minimum absolute atomic E-state index is 0.263. The van der Waals surface area contributed by atoms with E-state index in [1.807, 2.05) is 0 Å². The Morgan fingerprint density at radius 3 is 2.28 bits per heavy atom. The lowest BCUT2D eigenvalue weighted by molar-refractivity contribution is -0.156. The highest BCUT2D eigenvalue weighted by Gasteiger charge is 2.37. The second-order valence-electron chi connectivity index (χ2n) is 4.50. The molecule has 2 aliphatic carbocycles. The Balaban J connectivity index is 2.28. The summed E-state index contributed by atoms with van der Waals surface area (Å²) in [5.74, 6) is -1.60. The highest BCUT2D eigenvalue weighted by Crippen LogP contribution is 2.46. The maximum Gasteiger partial charge on any atom is 0.324 e. The van der Waals surface area contributed by atoms with Crippen LogP contribution in [0.1, 0.15) is 6.42 Å².